The minimum absolute atomic E-state index is 0.0530. The highest BCUT2D eigenvalue weighted by molar-refractivity contribution is 6.04. The van der Waals surface area contributed by atoms with Gasteiger partial charge in [0.05, 0.1) is 6.54 Å². The molecule has 2 heterocycles. The summed E-state index contributed by atoms with van der Waals surface area (Å²) in [4.78, 5) is 33.9. The number of rotatable bonds is 6. The maximum absolute atomic E-state index is 13.4. The number of hydrogen-bond acceptors (Lipinski definition) is 5. The van der Waals surface area contributed by atoms with Gasteiger partial charge in [0.25, 0.3) is 11.8 Å². The number of aromatic nitrogens is 2. The molecular weight excluding hydrogens is 404 g/mol. The van der Waals surface area contributed by atoms with Gasteiger partial charge in [-0.2, -0.15) is 4.98 Å². The molecule has 3 aromatic carbocycles. The lowest BCUT2D eigenvalue weighted by Gasteiger charge is -2.22. The Morgan fingerprint density at radius 1 is 0.781 bits per heavy atom. The number of benzene rings is 3. The van der Waals surface area contributed by atoms with Crippen LogP contribution in [0.2, 0.25) is 0 Å². The number of imide groups is 1. The molecule has 0 spiro atoms. The predicted molar refractivity (Wildman–Crippen MR) is 117 cm³/mol. The average Bonchev–Trinajstić information content (AvgIpc) is 3.40. The highest BCUT2D eigenvalue weighted by Crippen LogP contribution is 2.33. The number of amides is 3. The maximum atomic E-state index is 13.4. The number of urea groups is 1. The average molecular weight is 424 g/mol. The van der Waals surface area contributed by atoms with Crippen LogP contribution in [0.15, 0.2) is 95.5 Å². The molecule has 1 unspecified atom stereocenters. The number of nitrogens with zero attached hydrogens (tertiary/aromatic N) is 4. The predicted octanol–water partition coefficient (Wildman–Crippen LogP) is 4.44. The second-order valence-electron chi connectivity index (χ2n) is 7.52. The molecule has 7 heteroatoms. The molecule has 5 rings (SSSR count). The van der Waals surface area contributed by atoms with Gasteiger partial charge in [-0.15, -0.1) is 0 Å². The van der Waals surface area contributed by atoms with E-state index in [0.29, 0.717) is 12.4 Å². The minimum atomic E-state index is -0.704. The molecule has 0 bridgehead atoms. The lowest BCUT2D eigenvalue weighted by atomic mass is 10.1. The molecule has 0 radical (unpaired) electrons. The second-order valence-corrected chi connectivity index (χ2v) is 7.52. The maximum Gasteiger partial charge on any atom is 0.328 e. The molecule has 0 N–H and O–H groups in total. The van der Waals surface area contributed by atoms with Gasteiger partial charge in [0, 0.05) is 12.1 Å². The van der Waals surface area contributed by atoms with Crippen LogP contribution in [0.5, 0.6) is 0 Å². The van der Waals surface area contributed by atoms with E-state index in [-0.39, 0.29) is 24.3 Å². The molecule has 7 nitrogen and oxygen atoms in total. The van der Waals surface area contributed by atoms with Crippen molar-refractivity contribution in [2.45, 2.75) is 19.1 Å². The number of hydrogen-bond donors (Lipinski definition) is 0. The van der Waals surface area contributed by atoms with E-state index in [9.17, 15) is 9.59 Å². The zero-order valence-electron chi connectivity index (χ0n) is 17.2. The largest absolute Gasteiger partial charge is 0.334 e. The number of carbonyl (C=O) groups is 2. The molecule has 0 aliphatic carbocycles. The van der Waals surface area contributed by atoms with Crippen LogP contribution in [0.1, 0.15) is 23.0 Å². The molecule has 32 heavy (non-hydrogen) atoms. The lowest BCUT2D eigenvalue weighted by Crippen LogP contribution is -2.32. The quantitative estimate of drug-likeness (QED) is 0.428. The standard InChI is InChI=1S/C25H20N4O3/c30-24-22(19-12-6-2-7-13-19)28(16-18-10-4-1-5-11-18)25(31)29(24)17-21-26-23(32-27-21)20-14-8-3-9-15-20/h1-15,22H,16-17H2. The molecule has 0 saturated carbocycles. The first-order valence-corrected chi connectivity index (χ1v) is 10.3. The molecular formula is C25H20N4O3. The van der Waals surface area contributed by atoms with Gasteiger partial charge in [-0.3, -0.25) is 9.69 Å². The molecule has 4 aromatic rings. The van der Waals surface area contributed by atoms with Gasteiger partial charge in [0.2, 0.25) is 0 Å². The molecule has 158 valence electrons. The summed E-state index contributed by atoms with van der Waals surface area (Å²) in [7, 11) is 0. The van der Waals surface area contributed by atoms with Crippen molar-refractivity contribution in [2.75, 3.05) is 0 Å². The zero-order chi connectivity index (χ0) is 21.9. The Labute approximate surface area is 184 Å². The third kappa shape index (κ3) is 3.76. The first kappa shape index (κ1) is 19.7. The fourth-order valence-electron chi connectivity index (χ4n) is 3.84. The Morgan fingerprint density at radius 3 is 2.09 bits per heavy atom. The van der Waals surface area contributed by atoms with Crippen molar-refractivity contribution >= 4 is 11.9 Å². The first-order chi connectivity index (χ1) is 15.7. The van der Waals surface area contributed by atoms with E-state index < -0.39 is 6.04 Å². The normalized spacial score (nSPS) is 16.1. The van der Waals surface area contributed by atoms with Crippen LogP contribution in [0.25, 0.3) is 11.5 Å². The van der Waals surface area contributed by atoms with Gasteiger partial charge in [-0.1, -0.05) is 84.0 Å². The molecule has 1 aliphatic heterocycles. The zero-order valence-corrected chi connectivity index (χ0v) is 17.2. The van der Waals surface area contributed by atoms with Gasteiger partial charge >= 0.3 is 6.03 Å². The molecule has 1 saturated heterocycles. The van der Waals surface area contributed by atoms with Gasteiger partial charge in [-0.25, -0.2) is 4.79 Å². The first-order valence-electron chi connectivity index (χ1n) is 10.3. The van der Waals surface area contributed by atoms with Gasteiger partial charge in [0.1, 0.15) is 6.04 Å². The Morgan fingerprint density at radius 2 is 1.41 bits per heavy atom. The van der Waals surface area contributed by atoms with E-state index in [4.69, 9.17) is 4.52 Å². The van der Waals surface area contributed by atoms with Crippen LogP contribution in [-0.4, -0.2) is 31.9 Å². The summed E-state index contributed by atoms with van der Waals surface area (Å²) in [6, 6.07) is 27.2. The molecule has 1 aromatic heterocycles. The van der Waals surface area contributed by atoms with Crippen molar-refractivity contribution in [1.82, 2.24) is 19.9 Å². The Kier molecular flexibility index (Phi) is 5.21. The van der Waals surface area contributed by atoms with Crippen LogP contribution >= 0.6 is 0 Å². The third-order valence-corrected chi connectivity index (χ3v) is 5.39. The van der Waals surface area contributed by atoms with Crippen molar-refractivity contribution < 1.29 is 14.1 Å². The summed E-state index contributed by atoms with van der Waals surface area (Å²) < 4.78 is 5.34. The van der Waals surface area contributed by atoms with Crippen molar-refractivity contribution in [3.05, 3.63) is 108 Å². The SMILES string of the molecule is O=C1C(c2ccccc2)N(Cc2ccccc2)C(=O)N1Cc1noc(-c2ccccc2)n1. The van der Waals surface area contributed by atoms with Crippen LogP contribution < -0.4 is 0 Å². The van der Waals surface area contributed by atoms with Gasteiger partial charge in [0.15, 0.2) is 5.82 Å². The Bertz CT molecular complexity index is 1230. The third-order valence-electron chi connectivity index (χ3n) is 5.39. The molecule has 1 aliphatic rings. The Hall–Kier alpha value is -4.26. The van der Waals surface area contributed by atoms with Crippen LogP contribution in [-0.2, 0) is 17.9 Å². The lowest BCUT2D eigenvalue weighted by molar-refractivity contribution is -0.129. The topological polar surface area (TPSA) is 79.5 Å². The Balaban J connectivity index is 1.43. The summed E-state index contributed by atoms with van der Waals surface area (Å²) in [6.45, 7) is 0.269. The van der Waals surface area contributed by atoms with Crippen molar-refractivity contribution in [1.29, 1.82) is 0 Å². The summed E-state index contributed by atoms with van der Waals surface area (Å²) in [5.41, 5.74) is 2.49. The van der Waals surface area contributed by atoms with Crippen LogP contribution in [0, 0.1) is 0 Å². The van der Waals surface area contributed by atoms with Crippen molar-refractivity contribution in [2.24, 2.45) is 0 Å². The molecule has 1 fully saturated rings. The second kappa shape index (κ2) is 8.47. The molecule has 1 atom stereocenters. The van der Waals surface area contributed by atoms with E-state index in [2.05, 4.69) is 10.1 Å². The summed E-state index contributed by atoms with van der Waals surface area (Å²) in [6.07, 6.45) is 0. The van der Waals surface area contributed by atoms with E-state index in [1.54, 1.807) is 4.90 Å². The van der Waals surface area contributed by atoms with E-state index in [1.165, 1.54) is 4.90 Å². The minimum Gasteiger partial charge on any atom is -0.334 e. The molecule has 3 amide bonds. The van der Waals surface area contributed by atoms with Crippen LogP contribution in [0.4, 0.5) is 4.79 Å². The fraction of sp³-hybridized carbons (Fsp3) is 0.120. The van der Waals surface area contributed by atoms with E-state index in [1.807, 2.05) is 91.0 Å². The summed E-state index contributed by atoms with van der Waals surface area (Å²) >= 11 is 0. The van der Waals surface area contributed by atoms with Gasteiger partial charge < -0.3 is 9.42 Å². The van der Waals surface area contributed by atoms with Crippen molar-refractivity contribution in [3.8, 4) is 11.5 Å². The van der Waals surface area contributed by atoms with E-state index in [0.717, 1.165) is 16.7 Å². The van der Waals surface area contributed by atoms with Gasteiger partial charge in [-0.05, 0) is 23.3 Å². The van der Waals surface area contributed by atoms with E-state index >= 15 is 0 Å². The highest BCUT2D eigenvalue weighted by Gasteiger charge is 2.46. The summed E-state index contributed by atoms with van der Waals surface area (Å²) in [5.74, 6) is 0.322. The van der Waals surface area contributed by atoms with Crippen LogP contribution in [0.3, 0.4) is 0 Å². The highest BCUT2D eigenvalue weighted by atomic mass is 16.5. The number of carbonyl (C=O) groups excluding carboxylic acids is 2. The summed E-state index contributed by atoms with van der Waals surface area (Å²) in [5, 5.41) is 3.98. The monoisotopic (exact) mass is 424 g/mol. The fourth-order valence-corrected chi connectivity index (χ4v) is 3.84. The van der Waals surface area contributed by atoms with Crippen molar-refractivity contribution in [3.63, 3.8) is 0 Å². The smallest absolute Gasteiger partial charge is 0.328 e.